The standard InChI is InChI=1S/C13H18N4O2/c18-11-5-13(6-12(19)16-11)1-3-17(4-2-13)8-10-7-14-9-15-10/h7,9H,1-6,8H2,(H,14,15)(H,16,18,19). The van der Waals surface area contributed by atoms with Crippen LogP contribution in [0.1, 0.15) is 31.4 Å². The minimum atomic E-state index is -0.114. The van der Waals surface area contributed by atoms with Crippen LogP contribution in [0.2, 0.25) is 0 Å². The number of piperidine rings is 2. The number of amides is 2. The summed E-state index contributed by atoms with van der Waals surface area (Å²) in [5.41, 5.74) is 0.940. The van der Waals surface area contributed by atoms with Gasteiger partial charge in [-0.3, -0.25) is 19.8 Å². The molecule has 0 unspecified atom stereocenters. The number of aromatic nitrogens is 2. The Morgan fingerprint density at radius 3 is 2.47 bits per heavy atom. The van der Waals surface area contributed by atoms with Gasteiger partial charge in [-0.1, -0.05) is 0 Å². The fourth-order valence-corrected chi connectivity index (χ4v) is 3.13. The van der Waals surface area contributed by atoms with E-state index < -0.39 is 0 Å². The largest absolute Gasteiger partial charge is 0.351 e. The van der Waals surface area contributed by atoms with Crippen molar-refractivity contribution in [1.82, 2.24) is 20.2 Å². The number of likely N-dealkylation sites (tertiary alicyclic amines) is 1. The molecule has 1 aromatic heterocycles. The Kier molecular flexibility index (Phi) is 3.10. The molecule has 0 saturated carbocycles. The fraction of sp³-hybridized carbons (Fsp3) is 0.615. The van der Waals surface area contributed by atoms with Gasteiger partial charge in [-0.25, -0.2) is 4.98 Å². The Balaban J connectivity index is 1.59. The van der Waals surface area contributed by atoms with Crippen molar-refractivity contribution in [2.75, 3.05) is 13.1 Å². The summed E-state index contributed by atoms with van der Waals surface area (Å²) in [4.78, 5) is 32.6. The molecule has 6 heteroatoms. The van der Waals surface area contributed by atoms with E-state index in [9.17, 15) is 9.59 Å². The van der Waals surface area contributed by atoms with E-state index in [4.69, 9.17) is 0 Å². The Morgan fingerprint density at radius 2 is 1.89 bits per heavy atom. The van der Waals surface area contributed by atoms with Crippen LogP contribution in [0.5, 0.6) is 0 Å². The van der Waals surface area contributed by atoms with Gasteiger partial charge in [-0.05, 0) is 31.3 Å². The first kappa shape index (κ1) is 12.3. The van der Waals surface area contributed by atoms with Crippen LogP contribution in [-0.2, 0) is 16.1 Å². The first-order valence-corrected chi connectivity index (χ1v) is 6.68. The molecule has 2 amide bonds. The van der Waals surface area contributed by atoms with Gasteiger partial charge in [0.15, 0.2) is 0 Å². The maximum absolute atomic E-state index is 11.5. The van der Waals surface area contributed by atoms with Gasteiger partial charge in [0.05, 0.1) is 12.0 Å². The van der Waals surface area contributed by atoms with Crippen molar-refractivity contribution in [2.24, 2.45) is 5.41 Å². The van der Waals surface area contributed by atoms with Crippen LogP contribution < -0.4 is 5.32 Å². The SMILES string of the molecule is O=C1CC2(CCN(Cc3c[nH]cn3)CC2)CC(=O)N1. The zero-order valence-electron chi connectivity index (χ0n) is 10.8. The summed E-state index contributed by atoms with van der Waals surface area (Å²) in [6.45, 7) is 2.68. The van der Waals surface area contributed by atoms with E-state index in [1.807, 2.05) is 6.20 Å². The van der Waals surface area contributed by atoms with Gasteiger partial charge in [-0.2, -0.15) is 0 Å². The van der Waals surface area contributed by atoms with Crippen LogP contribution in [0.15, 0.2) is 12.5 Å². The molecule has 0 aromatic carbocycles. The van der Waals surface area contributed by atoms with Crippen molar-refractivity contribution in [3.8, 4) is 0 Å². The third-order valence-electron chi connectivity index (χ3n) is 4.21. The molecule has 2 aliphatic heterocycles. The number of imidazole rings is 1. The molecule has 2 saturated heterocycles. The summed E-state index contributed by atoms with van der Waals surface area (Å²) < 4.78 is 0. The van der Waals surface area contributed by atoms with Crippen LogP contribution in [-0.4, -0.2) is 39.8 Å². The molecule has 0 bridgehead atoms. The summed E-state index contributed by atoms with van der Waals surface area (Å²) in [5, 5.41) is 2.39. The zero-order chi connectivity index (χ0) is 13.3. The summed E-state index contributed by atoms with van der Waals surface area (Å²) >= 11 is 0. The summed E-state index contributed by atoms with van der Waals surface area (Å²) in [5.74, 6) is -0.228. The Hall–Kier alpha value is -1.69. The molecule has 0 atom stereocenters. The molecular formula is C13H18N4O2. The van der Waals surface area contributed by atoms with Crippen LogP contribution in [0.4, 0.5) is 0 Å². The van der Waals surface area contributed by atoms with E-state index in [1.54, 1.807) is 6.33 Å². The number of hydrogen-bond donors (Lipinski definition) is 2. The number of carbonyl (C=O) groups is 2. The second-order valence-electron chi connectivity index (χ2n) is 5.66. The Labute approximate surface area is 111 Å². The van der Waals surface area contributed by atoms with Gasteiger partial charge in [0, 0.05) is 25.6 Å². The molecule has 2 N–H and O–H groups in total. The average Bonchev–Trinajstić information content (AvgIpc) is 2.84. The minimum Gasteiger partial charge on any atom is -0.351 e. The number of nitrogens with one attached hydrogen (secondary N) is 2. The Bertz CT molecular complexity index is 457. The lowest BCUT2D eigenvalue weighted by molar-refractivity contribution is -0.139. The van der Waals surface area contributed by atoms with Gasteiger partial charge in [0.25, 0.3) is 0 Å². The van der Waals surface area contributed by atoms with Crippen molar-refractivity contribution >= 4 is 11.8 Å². The fourth-order valence-electron chi connectivity index (χ4n) is 3.13. The number of aromatic amines is 1. The van der Waals surface area contributed by atoms with Gasteiger partial charge in [0.1, 0.15) is 0 Å². The maximum atomic E-state index is 11.5. The molecule has 3 heterocycles. The number of rotatable bonds is 2. The minimum absolute atomic E-state index is 0.0957. The van der Waals surface area contributed by atoms with E-state index in [0.29, 0.717) is 12.8 Å². The number of imide groups is 1. The lowest BCUT2D eigenvalue weighted by atomic mass is 9.71. The predicted molar refractivity (Wildman–Crippen MR) is 67.9 cm³/mol. The summed E-state index contributed by atoms with van der Waals surface area (Å²) in [6, 6.07) is 0. The van der Waals surface area contributed by atoms with Crippen molar-refractivity contribution in [2.45, 2.75) is 32.2 Å². The van der Waals surface area contributed by atoms with Crippen LogP contribution in [0, 0.1) is 5.41 Å². The summed E-state index contributed by atoms with van der Waals surface area (Å²) in [7, 11) is 0. The molecule has 2 aliphatic rings. The van der Waals surface area contributed by atoms with Crippen molar-refractivity contribution in [3.05, 3.63) is 18.2 Å². The average molecular weight is 262 g/mol. The number of hydrogen-bond acceptors (Lipinski definition) is 4. The number of H-pyrrole nitrogens is 1. The molecule has 2 fully saturated rings. The quantitative estimate of drug-likeness (QED) is 0.758. The second-order valence-corrected chi connectivity index (χ2v) is 5.66. The van der Waals surface area contributed by atoms with Crippen molar-refractivity contribution in [3.63, 3.8) is 0 Å². The lowest BCUT2D eigenvalue weighted by Gasteiger charge is -2.42. The van der Waals surface area contributed by atoms with Crippen molar-refractivity contribution < 1.29 is 9.59 Å². The zero-order valence-corrected chi connectivity index (χ0v) is 10.8. The molecule has 6 nitrogen and oxygen atoms in total. The molecule has 0 radical (unpaired) electrons. The van der Waals surface area contributed by atoms with Crippen LogP contribution >= 0.6 is 0 Å². The van der Waals surface area contributed by atoms with Gasteiger partial charge >= 0.3 is 0 Å². The Morgan fingerprint density at radius 1 is 1.21 bits per heavy atom. The molecule has 102 valence electrons. The predicted octanol–water partition coefficient (Wildman–Crippen LogP) is 0.428. The molecule has 1 aromatic rings. The molecule has 3 rings (SSSR count). The summed E-state index contributed by atoms with van der Waals surface area (Å²) in [6.07, 6.45) is 6.41. The highest BCUT2D eigenvalue weighted by atomic mass is 16.2. The highest BCUT2D eigenvalue weighted by molar-refractivity contribution is 5.98. The molecule has 1 spiro atoms. The monoisotopic (exact) mass is 262 g/mol. The first-order chi connectivity index (χ1) is 9.15. The third-order valence-corrected chi connectivity index (χ3v) is 4.21. The van der Waals surface area contributed by atoms with Crippen LogP contribution in [0.25, 0.3) is 0 Å². The number of nitrogens with zero attached hydrogens (tertiary/aromatic N) is 2. The highest BCUT2D eigenvalue weighted by Crippen LogP contribution is 2.40. The van der Waals surface area contributed by atoms with Gasteiger partial charge in [0.2, 0.25) is 11.8 Å². The van der Waals surface area contributed by atoms with E-state index in [1.165, 1.54) is 0 Å². The third kappa shape index (κ3) is 2.68. The maximum Gasteiger partial charge on any atom is 0.227 e. The van der Waals surface area contributed by atoms with E-state index in [2.05, 4.69) is 20.2 Å². The normalized spacial score (nSPS) is 23.6. The smallest absolute Gasteiger partial charge is 0.227 e. The number of carbonyl (C=O) groups excluding carboxylic acids is 2. The van der Waals surface area contributed by atoms with Crippen molar-refractivity contribution in [1.29, 1.82) is 0 Å². The van der Waals surface area contributed by atoms with E-state index in [0.717, 1.165) is 38.2 Å². The lowest BCUT2D eigenvalue weighted by Crippen LogP contribution is -2.49. The van der Waals surface area contributed by atoms with E-state index in [-0.39, 0.29) is 17.2 Å². The molecule has 19 heavy (non-hydrogen) atoms. The molecule has 0 aliphatic carbocycles. The van der Waals surface area contributed by atoms with E-state index >= 15 is 0 Å². The highest BCUT2D eigenvalue weighted by Gasteiger charge is 2.41. The first-order valence-electron chi connectivity index (χ1n) is 6.68. The second kappa shape index (κ2) is 4.77. The topological polar surface area (TPSA) is 78.1 Å². The van der Waals surface area contributed by atoms with Gasteiger partial charge in [-0.15, -0.1) is 0 Å². The van der Waals surface area contributed by atoms with Crippen LogP contribution in [0.3, 0.4) is 0 Å². The molecular weight excluding hydrogens is 244 g/mol. The van der Waals surface area contributed by atoms with Gasteiger partial charge < -0.3 is 4.98 Å².